The molecular formula is C12H21N3O2. The van der Waals surface area contributed by atoms with Gasteiger partial charge in [-0.25, -0.2) is 0 Å². The maximum absolute atomic E-state index is 12.0. The van der Waals surface area contributed by atoms with E-state index in [2.05, 4.69) is 4.90 Å². The molecule has 0 aromatic carbocycles. The van der Waals surface area contributed by atoms with Gasteiger partial charge in [-0.1, -0.05) is 0 Å². The number of carbonyl (C=O) groups is 1. The first-order chi connectivity index (χ1) is 7.89. The Hall–Kier alpha value is -1.12. The number of piperazine rings is 1. The average molecular weight is 239 g/mol. The zero-order chi connectivity index (χ0) is 13.1. The third-order valence-electron chi connectivity index (χ3n) is 3.28. The van der Waals surface area contributed by atoms with Crippen LogP contribution >= 0.6 is 0 Å². The van der Waals surface area contributed by atoms with Crippen molar-refractivity contribution in [2.45, 2.75) is 32.4 Å². The summed E-state index contributed by atoms with van der Waals surface area (Å²) in [4.78, 5) is 15.9. The highest BCUT2D eigenvalue weighted by Gasteiger charge is 2.39. The molecule has 1 saturated heterocycles. The molecule has 1 amide bonds. The van der Waals surface area contributed by atoms with Gasteiger partial charge in [-0.05, 0) is 20.8 Å². The van der Waals surface area contributed by atoms with Crippen molar-refractivity contribution in [2.24, 2.45) is 0 Å². The quantitative estimate of drug-likeness (QED) is 0.715. The molecule has 1 unspecified atom stereocenters. The standard InChI is InChI=1S/C12H21N3O2/c1-10(9-13)17-8-7-15-6-5-14(4)11(16)12(15,2)3/h10H,5-8H2,1-4H3. The minimum atomic E-state index is -0.480. The average Bonchev–Trinajstić information content (AvgIpc) is 2.29. The lowest BCUT2D eigenvalue weighted by atomic mass is 9.98. The summed E-state index contributed by atoms with van der Waals surface area (Å²) in [5.41, 5.74) is -0.480. The Morgan fingerprint density at radius 2 is 2.18 bits per heavy atom. The monoisotopic (exact) mass is 239 g/mol. The summed E-state index contributed by atoms with van der Waals surface area (Å²) < 4.78 is 5.32. The van der Waals surface area contributed by atoms with E-state index in [1.165, 1.54) is 0 Å². The van der Waals surface area contributed by atoms with Gasteiger partial charge in [0, 0.05) is 26.7 Å². The Morgan fingerprint density at radius 1 is 1.53 bits per heavy atom. The van der Waals surface area contributed by atoms with Crippen LogP contribution in [0.25, 0.3) is 0 Å². The van der Waals surface area contributed by atoms with E-state index < -0.39 is 5.54 Å². The predicted octanol–water partition coefficient (Wildman–Crippen LogP) is 0.468. The lowest BCUT2D eigenvalue weighted by Gasteiger charge is -2.44. The second-order valence-corrected chi connectivity index (χ2v) is 4.91. The summed E-state index contributed by atoms with van der Waals surface area (Å²) in [7, 11) is 1.83. The van der Waals surface area contributed by atoms with Crippen LogP contribution in [0.2, 0.25) is 0 Å². The third-order valence-corrected chi connectivity index (χ3v) is 3.28. The Kier molecular flexibility index (Phi) is 4.49. The second kappa shape index (κ2) is 5.48. The number of hydrogen-bond donors (Lipinski definition) is 0. The van der Waals surface area contributed by atoms with E-state index in [4.69, 9.17) is 10.00 Å². The van der Waals surface area contributed by atoms with Gasteiger partial charge in [0.2, 0.25) is 5.91 Å². The number of amides is 1. The SMILES string of the molecule is CC(C#N)OCCN1CCN(C)C(=O)C1(C)C. The fourth-order valence-corrected chi connectivity index (χ4v) is 2.02. The summed E-state index contributed by atoms with van der Waals surface area (Å²) >= 11 is 0. The lowest BCUT2D eigenvalue weighted by Crippen LogP contribution is -2.62. The molecule has 0 saturated carbocycles. The summed E-state index contributed by atoms with van der Waals surface area (Å²) in [6.45, 7) is 8.33. The van der Waals surface area contributed by atoms with Crippen molar-refractivity contribution in [3.63, 3.8) is 0 Å². The Morgan fingerprint density at radius 3 is 2.76 bits per heavy atom. The van der Waals surface area contributed by atoms with Crippen molar-refractivity contribution in [3.05, 3.63) is 0 Å². The van der Waals surface area contributed by atoms with Crippen LogP contribution in [0, 0.1) is 11.3 Å². The Bertz CT molecular complexity index is 322. The Labute approximate surface area is 103 Å². The van der Waals surface area contributed by atoms with E-state index in [0.29, 0.717) is 13.2 Å². The van der Waals surface area contributed by atoms with Gasteiger partial charge in [-0.15, -0.1) is 0 Å². The topological polar surface area (TPSA) is 56.6 Å². The summed E-state index contributed by atoms with van der Waals surface area (Å²) in [6.07, 6.45) is -0.388. The van der Waals surface area contributed by atoms with Gasteiger partial charge in [0.25, 0.3) is 0 Å². The van der Waals surface area contributed by atoms with Crippen molar-refractivity contribution in [2.75, 3.05) is 33.3 Å². The summed E-state index contributed by atoms with van der Waals surface area (Å²) in [6, 6.07) is 2.02. The summed E-state index contributed by atoms with van der Waals surface area (Å²) in [5, 5.41) is 8.60. The van der Waals surface area contributed by atoms with Gasteiger partial charge in [-0.3, -0.25) is 9.69 Å². The highest BCUT2D eigenvalue weighted by atomic mass is 16.5. The molecule has 1 aliphatic rings. The minimum absolute atomic E-state index is 0.136. The molecule has 0 spiro atoms. The van der Waals surface area contributed by atoms with E-state index >= 15 is 0 Å². The van der Waals surface area contributed by atoms with Crippen LogP contribution in [0.5, 0.6) is 0 Å². The van der Waals surface area contributed by atoms with Gasteiger partial charge in [0.1, 0.15) is 6.10 Å². The summed E-state index contributed by atoms with van der Waals surface area (Å²) in [5.74, 6) is 0.136. The highest BCUT2D eigenvalue weighted by molar-refractivity contribution is 5.86. The first kappa shape index (κ1) is 13.9. The van der Waals surface area contributed by atoms with E-state index in [1.54, 1.807) is 11.8 Å². The molecule has 17 heavy (non-hydrogen) atoms. The number of likely N-dealkylation sites (N-methyl/N-ethyl adjacent to an activating group) is 1. The molecule has 0 aromatic rings. The third kappa shape index (κ3) is 3.18. The molecule has 0 radical (unpaired) electrons. The van der Waals surface area contributed by atoms with E-state index in [1.807, 2.05) is 27.0 Å². The molecule has 0 aliphatic carbocycles. The highest BCUT2D eigenvalue weighted by Crippen LogP contribution is 2.21. The smallest absolute Gasteiger partial charge is 0.242 e. The zero-order valence-corrected chi connectivity index (χ0v) is 11.1. The molecule has 1 fully saturated rings. The number of carbonyl (C=O) groups excluding carboxylic acids is 1. The molecule has 1 rings (SSSR count). The van der Waals surface area contributed by atoms with Gasteiger partial charge < -0.3 is 9.64 Å². The van der Waals surface area contributed by atoms with Crippen molar-refractivity contribution in [1.82, 2.24) is 9.80 Å². The van der Waals surface area contributed by atoms with Crippen LogP contribution in [0.3, 0.4) is 0 Å². The molecule has 5 nitrogen and oxygen atoms in total. The minimum Gasteiger partial charge on any atom is -0.362 e. The normalized spacial score (nSPS) is 22.3. The fraction of sp³-hybridized carbons (Fsp3) is 0.833. The van der Waals surface area contributed by atoms with Crippen molar-refractivity contribution < 1.29 is 9.53 Å². The number of ether oxygens (including phenoxy) is 1. The number of nitriles is 1. The van der Waals surface area contributed by atoms with Crippen LogP contribution in [-0.2, 0) is 9.53 Å². The molecule has 0 bridgehead atoms. The van der Waals surface area contributed by atoms with Crippen molar-refractivity contribution >= 4 is 5.91 Å². The van der Waals surface area contributed by atoms with Crippen LogP contribution in [0.15, 0.2) is 0 Å². The Balaban J connectivity index is 2.49. The van der Waals surface area contributed by atoms with Crippen molar-refractivity contribution in [1.29, 1.82) is 5.26 Å². The van der Waals surface area contributed by atoms with Gasteiger partial charge >= 0.3 is 0 Å². The molecule has 1 atom stereocenters. The van der Waals surface area contributed by atoms with E-state index in [0.717, 1.165) is 13.1 Å². The van der Waals surface area contributed by atoms with Crippen LogP contribution in [-0.4, -0.2) is 60.6 Å². The fourth-order valence-electron chi connectivity index (χ4n) is 2.02. The molecule has 1 heterocycles. The van der Waals surface area contributed by atoms with Crippen LogP contribution in [0.4, 0.5) is 0 Å². The van der Waals surface area contributed by atoms with Gasteiger partial charge in [0.05, 0.1) is 18.2 Å². The molecular weight excluding hydrogens is 218 g/mol. The molecule has 5 heteroatoms. The van der Waals surface area contributed by atoms with Crippen LogP contribution < -0.4 is 0 Å². The molecule has 0 aromatic heterocycles. The number of hydrogen-bond acceptors (Lipinski definition) is 4. The number of rotatable bonds is 4. The second-order valence-electron chi connectivity index (χ2n) is 4.91. The molecule has 1 aliphatic heterocycles. The molecule has 96 valence electrons. The zero-order valence-electron chi connectivity index (χ0n) is 11.1. The largest absolute Gasteiger partial charge is 0.362 e. The van der Waals surface area contributed by atoms with E-state index in [9.17, 15) is 4.79 Å². The number of nitrogens with zero attached hydrogens (tertiary/aromatic N) is 3. The predicted molar refractivity (Wildman–Crippen MR) is 64.3 cm³/mol. The van der Waals surface area contributed by atoms with Crippen molar-refractivity contribution in [3.8, 4) is 6.07 Å². The van der Waals surface area contributed by atoms with Crippen LogP contribution in [0.1, 0.15) is 20.8 Å². The van der Waals surface area contributed by atoms with Gasteiger partial charge in [0.15, 0.2) is 0 Å². The first-order valence-electron chi connectivity index (χ1n) is 5.91. The van der Waals surface area contributed by atoms with E-state index in [-0.39, 0.29) is 12.0 Å². The lowest BCUT2D eigenvalue weighted by molar-refractivity contribution is -0.147. The first-order valence-corrected chi connectivity index (χ1v) is 5.91. The molecule has 0 N–H and O–H groups in total. The van der Waals surface area contributed by atoms with Gasteiger partial charge in [-0.2, -0.15) is 5.26 Å². The maximum Gasteiger partial charge on any atom is 0.242 e. The maximum atomic E-state index is 12.0.